The highest BCUT2D eigenvalue weighted by Crippen LogP contribution is 2.45. The van der Waals surface area contributed by atoms with E-state index in [2.05, 4.69) is 31.2 Å². The summed E-state index contributed by atoms with van der Waals surface area (Å²) in [6, 6.07) is 8.39. The zero-order chi connectivity index (χ0) is 10.8. The molecule has 0 aromatic heterocycles. The van der Waals surface area contributed by atoms with Gasteiger partial charge in [-0.2, -0.15) is 0 Å². The van der Waals surface area contributed by atoms with Crippen molar-refractivity contribution in [2.75, 3.05) is 0 Å². The van der Waals surface area contributed by atoms with Crippen LogP contribution >= 0.6 is 11.8 Å². The van der Waals surface area contributed by atoms with Crippen LogP contribution in [0.25, 0.3) is 0 Å². The Morgan fingerprint density at radius 2 is 2.13 bits per heavy atom. The van der Waals surface area contributed by atoms with Crippen LogP contribution in [0.3, 0.4) is 0 Å². The van der Waals surface area contributed by atoms with E-state index in [1.165, 1.54) is 10.5 Å². The molecular formula is C12H14O2S. The lowest BCUT2D eigenvalue weighted by Crippen LogP contribution is -1.99. The fourth-order valence-corrected chi connectivity index (χ4v) is 2.77. The van der Waals surface area contributed by atoms with E-state index in [0.717, 1.165) is 12.8 Å². The van der Waals surface area contributed by atoms with Crippen molar-refractivity contribution in [1.29, 1.82) is 0 Å². The van der Waals surface area contributed by atoms with Crippen LogP contribution in [0.15, 0.2) is 29.2 Å². The number of carboxylic acids is 1. The zero-order valence-electron chi connectivity index (χ0n) is 8.64. The predicted octanol–water partition coefficient (Wildman–Crippen LogP) is 2.81. The monoisotopic (exact) mass is 222 g/mol. The second-order valence-electron chi connectivity index (χ2n) is 3.83. The van der Waals surface area contributed by atoms with Crippen molar-refractivity contribution in [3.63, 3.8) is 0 Å². The van der Waals surface area contributed by atoms with E-state index in [1.54, 1.807) is 11.8 Å². The number of benzene rings is 1. The van der Waals surface area contributed by atoms with Crippen LogP contribution in [0.2, 0.25) is 0 Å². The zero-order valence-corrected chi connectivity index (χ0v) is 9.46. The van der Waals surface area contributed by atoms with Crippen molar-refractivity contribution in [1.82, 2.24) is 0 Å². The summed E-state index contributed by atoms with van der Waals surface area (Å²) in [6.07, 6.45) is 1.86. The normalized spacial score (nSPS) is 23.8. The average molecular weight is 222 g/mol. The summed E-state index contributed by atoms with van der Waals surface area (Å²) in [5.74, 6) is -0.779. The molecule has 0 amide bonds. The van der Waals surface area contributed by atoms with Crippen molar-refractivity contribution >= 4 is 17.7 Å². The molecule has 0 heterocycles. The molecule has 1 aliphatic carbocycles. The van der Waals surface area contributed by atoms with Crippen LogP contribution in [0, 0.1) is 5.92 Å². The minimum Gasteiger partial charge on any atom is -0.481 e. The van der Waals surface area contributed by atoms with Crippen molar-refractivity contribution < 1.29 is 9.90 Å². The molecule has 1 aliphatic rings. The molecule has 0 radical (unpaired) electrons. The third-order valence-corrected chi connectivity index (χ3v) is 4.04. The number of hydrogen-bond donors (Lipinski definition) is 1. The van der Waals surface area contributed by atoms with Crippen LogP contribution in [-0.4, -0.2) is 16.3 Å². The SMILES string of the molecule is CCc1ccc(SC2CC2C(=O)O)cc1. The summed E-state index contributed by atoms with van der Waals surface area (Å²) in [7, 11) is 0. The second-order valence-corrected chi connectivity index (χ2v) is 5.15. The van der Waals surface area contributed by atoms with E-state index in [4.69, 9.17) is 5.11 Å². The van der Waals surface area contributed by atoms with E-state index < -0.39 is 5.97 Å². The van der Waals surface area contributed by atoms with Gasteiger partial charge in [0.15, 0.2) is 0 Å². The first-order chi connectivity index (χ1) is 7.20. The maximum atomic E-state index is 10.6. The Morgan fingerprint density at radius 3 is 2.60 bits per heavy atom. The van der Waals surface area contributed by atoms with Crippen LogP contribution in [0.1, 0.15) is 18.9 Å². The third kappa shape index (κ3) is 2.53. The van der Waals surface area contributed by atoms with Gasteiger partial charge in [0.25, 0.3) is 0 Å². The third-order valence-electron chi connectivity index (χ3n) is 2.67. The number of carboxylic acid groups (broad SMARTS) is 1. The van der Waals surface area contributed by atoms with Crippen molar-refractivity contribution in [3.8, 4) is 0 Å². The summed E-state index contributed by atoms with van der Waals surface area (Å²) in [5, 5.41) is 9.06. The quantitative estimate of drug-likeness (QED) is 0.851. The number of hydrogen-bond acceptors (Lipinski definition) is 2. The molecule has 2 unspecified atom stereocenters. The summed E-state index contributed by atoms with van der Waals surface area (Å²) in [5.41, 5.74) is 1.32. The van der Waals surface area contributed by atoms with Crippen LogP contribution < -0.4 is 0 Å². The highest BCUT2D eigenvalue weighted by molar-refractivity contribution is 8.00. The Hall–Kier alpha value is -0.960. The van der Waals surface area contributed by atoms with E-state index in [0.29, 0.717) is 0 Å². The minimum atomic E-state index is -0.655. The lowest BCUT2D eigenvalue weighted by atomic mass is 10.2. The fraction of sp³-hybridized carbons (Fsp3) is 0.417. The van der Waals surface area contributed by atoms with Gasteiger partial charge in [-0.25, -0.2) is 0 Å². The molecule has 80 valence electrons. The van der Waals surface area contributed by atoms with Crippen molar-refractivity contribution in [2.45, 2.75) is 29.9 Å². The maximum absolute atomic E-state index is 10.6. The molecule has 1 saturated carbocycles. The van der Waals surface area contributed by atoms with Crippen molar-refractivity contribution in [2.24, 2.45) is 5.92 Å². The highest BCUT2D eigenvalue weighted by atomic mass is 32.2. The average Bonchev–Trinajstić information content (AvgIpc) is 2.98. The Labute approximate surface area is 93.7 Å². The van der Waals surface area contributed by atoms with Crippen LogP contribution in [-0.2, 0) is 11.2 Å². The van der Waals surface area contributed by atoms with E-state index in [1.807, 2.05) is 0 Å². The molecule has 2 atom stereocenters. The number of carbonyl (C=O) groups is 1. The van der Waals surface area contributed by atoms with E-state index in [9.17, 15) is 4.79 Å². The van der Waals surface area contributed by atoms with Gasteiger partial charge in [-0.3, -0.25) is 4.79 Å². The molecule has 0 bridgehead atoms. The topological polar surface area (TPSA) is 37.3 Å². The van der Waals surface area contributed by atoms with E-state index in [-0.39, 0.29) is 11.2 Å². The van der Waals surface area contributed by atoms with E-state index >= 15 is 0 Å². The van der Waals surface area contributed by atoms with Gasteiger partial charge >= 0.3 is 5.97 Å². The lowest BCUT2D eigenvalue weighted by molar-refractivity contribution is -0.138. The highest BCUT2D eigenvalue weighted by Gasteiger charge is 2.43. The summed E-state index contributed by atoms with van der Waals surface area (Å²) in [4.78, 5) is 11.8. The molecule has 2 rings (SSSR count). The Balaban J connectivity index is 1.92. The minimum absolute atomic E-state index is 0.124. The Kier molecular flexibility index (Phi) is 3.00. The van der Waals surface area contributed by atoms with Gasteiger partial charge in [0.05, 0.1) is 5.92 Å². The van der Waals surface area contributed by atoms with Crippen molar-refractivity contribution in [3.05, 3.63) is 29.8 Å². The van der Waals surface area contributed by atoms with Crippen LogP contribution in [0.4, 0.5) is 0 Å². The van der Waals surface area contributed by atoms with Gasteiger partial charge in [-0.15, -0.1) is 11.8 Å². The molecule has 2 nitrogen and oxygen atoms in total. The standard InChI is InChI=1S/C12H14O2S/c1-2-8-3-5-9(6-4-8)15-11-7-10(11)12(13)14/h3-6,10-11H,2,7H2,1H3,(H,13,14). The van der Waals surface area contributed by atoms with Gasteiger partial charge in [0.2, 0.25) is 0 Å². The molecule has 1 fully saturated rings. The second kappa shape index (κ2) is 4.27. The van der Waals surface area contributed by atoms with Crippen LogP contribution in [0.5, 0.6) is 0 Å². The smallest absolute Gasteiger partial charge is 0.307 e. The first kappa shape index (κ1) is 10.6. The first-order valence-electron chi connectivity index (χ1n) is 5.19. The molecule has 1 aromatic rings. The Morgan fingerprint density at radius 1 is 1.47 bits per heavy atom. The lowest BCUT2D eigenvalue weighted by Gasteiger charge is -2.01. The van der Waals surface area contributed by atoms with Gasteiger partial charge in [-0.1, -0.05) is 19.1 Å². The molecule has 0 spiro atoms. The van der Waals surface area contributed by atoms with Gasteiger partial charge in [0.1, 0.15) is 0 Å². The molecule has 0 saturated heterocycles. The molecule has 15 heavy (non-hydrogen) atoms. The Bertz CT molecular complexity index is 358. The summed E-state index contributed by atoms with van der Waals surface area (Å²) >= 11 is 1.68. The molecule has 3 heteroatoms. The van der Waals surface area contributed by atoms with Gasteiger partial charge in [-0.05, 0) is 30.5 Å². The largest absolute Gasteiger partial charge is 0.481 e. The molecular weight excluding hydrogens is 208 g/mol. The van der Waals surface area contributed by atoms with Gasteiger partial charge in [0, 0.05) is 10.1 Å². The molecule has 1 aromatic carbocycles. The molecule has 0 aliphatic heterocycles. The maximum Gasteiger partial charge on any atom is 0.307 e. The first-order valence-corrected chi connectivity index (χ1v) is 6.07. The number of rotatable bonds is 4. The number of thioether (sulfide) groups is 1. The fourth-order valence-electron chi connectivity index (χ4n) is 1.54. The van der Waals surface area contributed by atoms with Gasteiger partial charge < -0.3 is 5.11 Å². The number of aliphatic carboxylic acids is 1. The predicted molar refractivity (Wildman–Crippen MR) is 61.2 cm³/mol. The number of aryl methyl sites for hydroxylation is 1. The summed E-state index contributed by atoms with van der Waals surface area (Å²) in [6.45, 7) is 2.13. The molecule has 1 N–H and O–H groups in total. The summed E-state index contributed by atoms with van der Waals surface area (Å²) < 4.78 is 0.